The number of benzene rings is 1. The molecule has 0 spiro atoms. The van der Waals surface area contributed by atoms with E-state index < -0.39 is 23.2 Å². The highest BCUT2D eigenvalue weighted by molar-refractivity contribution is 5.78. The summed E-state index contributed by atoms with van der Waals surface area (Å²) in [4.78, 5) is 30.8. The van der Waals surface area contributed by atoms with Gasteiger partial charge in [0, 0.05) is 38.3 Å². The first-order chi connectivity index (χ1) is 28.2. The molecule has 0 heterocycles. The largest absolute Gasteiger partial charge is 1.00 e. The standard InChI is InChI=1S/C47H86N6O6.2ClH/c1-7-51-43(50)26-20-14-11-17-23-33-53(32-22-16-10-13-19-25-41(49)24-18-12-8-9-15-21-31-48)37-42(54)38-59-45(56)52-47(4,5)40-29-27-39(28-30-40)46(2,3)36-44(55)58-35-34-57-6;;/h27-30,42,49,54H,7-26,31-38,48H2,1-6H3,(H2,50,51)(H,52,56);2*1H. The lowest BCUT2D eigenvalue weighted by Crippen LogP contribution is -3.00. The third-order valence-electron chi connectivity index (χ3n) is 11.1. The minimum atomic E-state index is -0.791. The highest BCUT2D eigenvalue weighted by Gasteiger charge is 2.28. The van der Waals surface area contributed by atoms with E-state index in [1.807, 2.05) is 52.0 Å². The summed E-state index contributed by atoms with van der Waals surface area (Å²) < 4.78 is 15.8. The van der Waals surface area contributed by atoms with E-state index in [0.29, 0.717) is 13.2 Å². The van der Waals surface area contributed by atoms with Crippen molar-refractivity contribution in [3.8, 4) is 0 Å². The molecule has 0 aliphatic carbocycles. The van der Waals surface area contributed by atoms with Crippen molar-refractivity contribution in [1.29, 1.82) is 0 Å². The van der Waals surface area contributed by atoms with Crippen LogP contribution in [0.15, 0.2) is 24.3 Å². The van der Waals surface area contributed by atoms with Crippen LogP contribution in [0.4, 0.5) is 4.79 Å². The van der Waals surface area contributed by atoms with Gasteiger partial charge in [0.2, 0.25) is 5.84 Å². The van der Waals surface area contributed by atoms with Crippen LogP contribution in [0.3, 0.4) is 0 Å². The molecule has 356 valence electrons. The van der Waals surface area contributed by atoms with Crippen LogP contribution in [0.25, 0.3) is 0 Å². The monoisotopic (exact) mass is 903 g/mol. The van der Waals surface area contributed by atoms with Crippen molar-refractivity contribution in [2.75, 3.05) is 59.7 Å². The van der Waals surface area contributed by atoms with Crippen LogP contribution < -0.4 is 52.0 Å². The predicted molar refractivity (Wildman–Crippen MR) is 241 cm³/mol. The van der Waals surface area contributed by atoms with Crippen LogP contribution in [0.5, 0.6) is 0 Å². The number of hydrogen-bond acceptors (Lipinski definition) is 8. The number of nitrogens with two attached hydrogens (primary N) is 3. The lowest BCUT2D eigenvalue weighted by atomic mass is 9.80. The number of esters is 1. The normalized spacial score (nSPS) is 12.4. The van der Waals surface area contributed by atoms with Crippen molar-refractivity contribution in [3.05, 3.63) is 35.4 Å². The molecule has 61 heavy (non-hydrogen) atoms. The number of carbonyl (C=O) groups excluding carboxylic acids is 2. The Labute approximate surface area is 383 Å². The highest BCUT2D eigenvalue weighted by Crippen LogP contribution is 2.30. The molecule has 9 N–H and O–H groups in total. The molecule has 14 heteroatoms. The average Bonchev–Trinajstić information content (AvgIpc) is 3.18. The van der Waals surface area contributed by atoms with E-state index in [-0.39, 0.29) is 50.4 Å². The number of amidine groups is 1. The van der Waals surface area contributed by atoms with Crippen LogP contribution in [0.2, 0.25) is 0 Å². The summed E-state index contributed by atoms with van der Waals surface area (Å²) in [5.74, 6) is 0.602. The maximum atomic E-state index is 13.0. The number of aliphatic hydroxyl groups is 1. The van der Waals surface area contributed by atoms with Gasteiger partial charge < -0.3 is 60.1 Å². The molecule has 0 saturated carbocycles. The SMILES string of the molecule is CC[NH+]=C(N)CCCCCCCN(CCCCCCCC(=[NH2+])CCCCCCCCN)CC(O)COC(=O)NC(C)(C)c1ccc(C(C)(C)CC(=O)OCCOC)cc1.[Cl-].[Cl-]. The second kappa shape index (κ2) is 36.9. The van der Waals surface area contributed by atoms with Gasteiger partial charge in [-0.3, -0.25) is 20.9 Å². The fourth-order valence-corrected chi connectivity index (χ4v) is 7.31. The van der Waals surface area contributed by atoms with Gasteiger partial charge in [0.1, 0.15) is 25.0 Å². The van der Waals surface area contributed by atoms with Crippen molar-refractivity contribution in [2.24, 2.45) is 11.5 Å². The molecule has 1 atom stereocenters. The van der Waals surface area contributed by atoms with Crippen molar-refractivity contribution in [2.45, 2.75) is 180 Å². The van der Waals surface area contributed by atoms with Crippen molar-refractivity contribution in [1.82, 2.24) is 10.2 Å². The maximum absolute atomic E-state index is 13.0. The van der Waals surface area contributed by atoms with Gasteiger partial charge in [0.15, 0.2) is 0 Å². The third kappa shape index (κ3) is 31.1. The zero-order valence-electron chi connectivity index (χ0n) is 39.1. The first-order valence-electron chi connectivity index (χ1n) is 23.0. The number of alkyl carbamates (subject to hydrolysis) is 1. The number of methoxy groups -OCH3 is 1. The summed E-state index contributed by atoms with van der Waals surface area (Å²) in [6.45, 7) is 14.3. The summed E-state index contributed by atoms with van der Waals surface area (Å²) in [6.07, 6.45) is 20.6. The molecule has 0 bridgehead atoms. The number of hydrogen-bond donors (Lipinski definition) is 6. The summed E-state index contributed by atoms with van der Waals surface area (Å²) >= 11 is 0. The lowest BCUT2D eigenvalue weighted by Gasteiger charge is -2.29. The second-order valence-corrected chi connectivity index (χ2v) is 17.6. The van der Waals surface area contributed by atoms with E-state index in [2.05, 4.69) is 22.1 Å². The van der Waals surface area contributed by atoms with Gasteiger partial charge in [-0.25, -0.2) is 4.79 Å². The Kier molecular flexibility index (Phi) is 36.7. The maximum Gasteiger partial charge on any atom is 0.407 e. The van der Waals surface area contributed by atoms with Gasteiger partial charge in [-0.2, -0.15) is 0 Å². The van der Waals surface area contributed by atoms with Gasteiger partial charge >= 0.3 is 12.1 Å². The highest BCUT2D eigenvalue weighted by atomic mass is 35.5. The van der Waals surface area contributed by atoms with Crippen molar-refractivity contribution >= 4 is 23.6 Å². The Hall–Kier alpha value is -2.48. The minimum absolute atomic E-state index is 0. The molecular weight excluding hydrogens is 815 g/mol. The van der Waals surface area contributed by atoms with E-state index in [4.69, 9.17) is 31.1 Å². The van der Waals surface area contributed by atoms with E-state index in [0.717, 1.165) is 126 Å². The number of nitrogens with zero attached hydrogens (tertiary/aromatic N) is 1. The fourth-order valence-electron chi connectivity index (χ4n) is 7.31. The molecule has 1 rings (SSSR count). The van der Waals surface area contributed by atoms with Crippen molar-refractivity contribution in [3.63, 3.8) is 0 Å². The Balaban J connectivity index is 0. The quantitative estimate of drug-likeness (QED) is 0.0215. The number of carbonyl (C=O) groups is 2. The number of amides is 1. The Morgan fingerprint density at radius 3 is 1.79 bits per heavy atom. The number of halogens is 2. The molecule has 0 aliphatic heterocycles. The topological polar surface area (TPSA) is 189 Å². The van der Waals surface area contributed by atoms with Crippen LogP contribution in [-0.4, -0.2) is 99.4 Å². The molecule has 12 nitrogen and oxygen atoms in total. The Morgan fingerprint density at radius 2 is 1.26 bits per heavy atom. The number of unbranched alkanes of at least 4 members (excludes halogenated alkanes) is 13. The number of aliphatic hydroxyl groups excluding tert-OH is 1. The molecule has 1 aromatic carbocycles. The minimum Gasteiger partial charge on any atom is -1.00 e. The fraction of sp³-hybridized carbons (Fsp3) is 0.787. The molecule has 1 amide bonds. The molecule has 1 unspecified atom stereocenters. The molecule has 0 aromatic heterocycles. The summed E-state index contributed by atoms with van der Waals surface area (Å²) in [5, 5.41) is 20.3. The first kappa shape index (κ1) is 60.6. The van der Waals surface area contributed by atoms with Crippen LogP contribution in [0, 0.1) is 0 Å². The van der Waals surface area contributed by atoms with E-state index in [1.54, 1.807) is 7.11 Å². The molecule has 0 fully saturated rings. The number of nitrogens with one attached hydrogen (secondary N) is 2. The van der Waals surface area contributed by atoms with Crippen LogP contribution >= 0.6 is 0 Å². The lowest BCUT2D eigenvalue weighted by molar-refractivity contribution is -0.454. The summed E-state index contributed by atoms with van der Waals surface area (Å²) in [6, 6.07) is 7.88. The number of ether oxygens (including phenoxy) is 3. The van der Waals surface area contributed by atoms with Gasteiger partial charge in [0.05, 0.1) is 25.1 Å². The van der Waals surface area contributed by atoms with Crippen LogP contribution in [0.1, 0.15) is 174 Å². The predicted octanol–water partition coefficient (Wildman–Crippen LogP) is -0.796. The van der Waals surface area contributed by atoms with E-state index in [9.17, 15) is 14.7 Å². The first-order valence-corrected chi connectivity index (χ1v) is 23.0. The van der Waals surface area contributed by atoms with Crippen LogP contribution in [-0.2, 0) is 30.0 Å². The van der Waals surface area contributed by atoms with E-state index >= 15 is 0 Å². The molecule has 0 radical (unpaired) electrons. The zero-order valence-corrected chi connectivity index (χ0v) is 40.6. The summed E-state index contributed by atoms with van der Waals surface area (Å²) in [7, 11) is 1.57. The van der Waals surface area contributed by atoms with Gasteiger partial charge in [-0.1, -0.05) is 102 Å². The second-order valence-electron chi connectivity index (χ2n) is 17.6. The van der Waals surface area contributed by atoms with Crippen molar-refractivity contribution < 1.29 is 64.1 Å². The van der Waals surface area contributed by atoms with Gasteiger partial charge in [-0.05, 0) is 90.1 Å². The van der Waals surface area contributed by atoms with E-state index in [1.165, 1.54) is 44.9 Å². The molecule has 0 saturated heterocycles. The Morgan fingerprint density at radius 1 is 0.770 bits per heavy atom. The molecule has 1 aromatic rings. The molecule has 0 aliphatic rings. The smallest absolute Gasteiger partial charge is 0.407 e. The zero-order chi connectivity index (χ0) is 43.8. The Bertz CT molecular complexity index is 1300. The summed E-state index contributed by atoms with van der Waals surface area (Å²) in [5.41, 5.74) is 13.5. The average molecular weight is 904 g/mol. The van der Waals surface area contributed by atoms with Gasteiger partial charge in [-0.15, -0.1) is 0 Å². The molecular formula is C47H88Cl2N6O6. The van der Waals surface area contributed by atoms with Gasteiger partial charge in [0.25, 0.3) is 0 Å². The number of rotatable bonds is 37. The third-order valence-corrected chi connectivity index (χ3v) is 11.1.